The number of fused-ring (bicyclic) bond motifs is 1. The number of hydrogen-bond acceptors (Lipinski definition) is 3. The lowest BCUT2D eigenvalue weighted by Gasteiger charge is -2.20. The first-order valence-corrected chi connectivity index (χ1v) is 12.1. The zero-order valence-electron chi connectivity index (χ0n) is 18.1. The number of amides is 2. The van der Waals surface area contributed by atoms with Crippen molar-refractivity contribution in [3.05, 3.63) is 66.1 Å². The van der Waals surface area contributed by atoms with Crippen LogP contribution in [-0.4, -0.2) is 40.1 Å². The summed E-state index contributed by atoms with van der Waals surface area (Å²) in [7, 11) is 0. The number of para-hydroxylation sites is 1. The molecule has 1 N–H and O–H groups in total. The van der Waals surface area contributed by atoms with Crippen molar-refractivity contribution in [3.8, 4) is 0 Å². The topological polar surface area (TPSA) is 54.3 Å². The predicted octanol–water partition coefficient (Wildman–Crippen LogP) is 4.59. The van der Waals surface area contributed by atoms with E-state index in [-0.39, 0.29) is 23.4 Å². The number of aromatic nitrogens is 1. The number of thioether (sulfide) groups is 1. The van der Waals surface area contributed by atoms with Crippen LogP contribution in [0.5, 0.6) is 0 Å². The number of halogens is 1. The Labute approximate surface area is 192 Å². The molecule has 1 saturated heterocycles. The fraction of sp³-hybridized carbons (Fsp3) is 0.360. The Kier molecular flexibility index (Phi) is 7.47. The van der Waals surface area contributed by atoms with Crippen molar-refractivity contribution in [2.75, 3.05) is 18.8 Å². The average Bonchev–Trinajstić information content (AvgIpc) is 2.97. The molecule has 0 atom stereocenters. The van der Waals surface area contributed by atoms with Crippen molar-refractivity contribution in [1.82, 2.24) is 14.8 Å². The molecule has 2 amide bonds. The van der Waals surface area contributed by atoms with Gasteiger partial charge in [-0.05, 0) is 36.6 Å². The summed E-state index contributed by atoms with van der Waals surface area (Å²) in [6, 6.07) is 14.1. The molecule has 0 unspecified atom stereocenters. The highest BCUT2D eigenvalue weighted by molar-refractivity contribution is 8.00. The minimum Gasteiger partial charge on any atom is -0.351 e. The molecule has 32 heavy (non-hydrogen) atoms. The number of carbonyl (C=O) groups excluding carboxylic acids is 2. The van der Waals surface area contributed by atoms with E-state index in [1.807, 2.05) is 39.9 Å². The molecule has 0 spiro atoms. The Bertz CT molecular complexity index is 1070. The Morgan fingerprint density at radius 1 is 0.969 bits per heavy atom. The summed E-state index contributed by atoms with van der Waals surface area (Å²) in [5, 5.41) is 3.92. The van der Waals surface area contributed by atoms with Crippen LogP contribution in [0, 0.1) is 5.82 Å². The summed E-state index contributed by atoms with van der Waals surface area (Å²) in [6.45, 7) is 2.37. The Morgan fingerprint density at radius 3 is 2.44 bits per heavy atom. The van der Waals surface area contributed by atoms with Gasteiger partial charge in [0.15, 0.2) is 0 Å². The maximum absolute atomic E-state index is 13.0. The standard InChI is InChI=1S/C25H28FN3O2S/c26-20-11-9-19(10-12-20)15-27-24(30)18-32-23-16-29(22-8-4-3-7-21(22)23)17-25(31)28-13-5-1-2-6-14-28/h3-4,7-12,16H,1-2,5-6,13-15,17-18H2,(H,27,30). The molecule has 2 aromatic carbocycles. The minimum atomic E-state index is -0.290. The summed E-state index contributed by atoms with van der Waals surface area (Å²) in [4.78, 5) is 28.2. The molecule has 0 radical (unpaired) electrons. The Hall–Kier alpha value is -2.80. The van der Waals surface area contributed by atoms with E-state index in [2.05, 4.69) is 5.32 Å². The van der Waals surface area contributed by atoms with Gasteiger partial charge in [0.05, 0.1) is 5.75 Å². The molecule has 3 aromatic rings. The van der Waals surface area contributed by atoms with E-state index in [0.717, 1.165) is 47.3 Å². The third-order valence-corrected chi connectivity index (χ3v) is 6.82. The van der Waals surface area contributed by atoms with Gasteiger partial charge in [-0.1, -0.05) is 43.2 Å². The van der Waals surface area contributed by atoms with Crippen molar-refractivity contribution >= 4 is 34.5 Å². The molecule has 1 aliphatic heterocycles. The first-order chi connectivity index (χ1) is 15.6. The molecule has 5 nitrogen and oxygen atoms in total. The van der Waals surface area contributed by atoms with Crippen molar-refractivity contribution < 1.29 is 14.0 Å². The van der Waals surface area contributed by atoms with Crippen LogP contribution >= 0.6 is 11.8 Å². The maximum Gasteiger partial charge on any atom is 0.242 e. The predicted molar refractivity (Wildman–Crippen MR) is 126 cm³/mol. The van der Waals surface area contributed by atoms with E-state index in [9.17, 15) is 14.0 Å². The fourth-order valence-corrected chi connectivity index (χ4v) is 4.94. The average molecular weight is 454 g/mol. The van der Waals surface area contributed by atoms with Gasteiger partial charge in [0.25, 0.3) is 0 Å². The zero-order valence-corrected chi connectivity index (χ0v) is 18.9. The lowest BCUT2D eigenvalue weighted by atomic mass is 10.2. The third kappa shape index (κ3) is 5.71. The van der Waals surface area contributed by atoms with E-state index in [4.69, 9.17) is 0 Å². The first-order valence-electron chi connectivity index (χ1n) is 11.1. The summed E-state index contributed by atoms with van der Waals surface area (Å²) < 4.78 is 15.0. The zero-order chi connectivity index (χ0) is 22.3. The molecule has 2 heterocycles. The quantitative estimate of drug-likeness (QED) is 0.533. The van der Waals surface area contributed by atoms with Crippen molar-refractivity contribution in [2.45, 2.75) is 43.7 Å². The highest BCUT2D eigenvalue weighted by Crippen LogP contribution is 2.30. The van der Waals surface area contributed by atoms with Crippen LogP contribution in [0.25, 0.3) is 10.9 Å². The maximum atomic E-state index is 13.0. The van der Waals surface area contributed by atoms with Gasteiger partial charge in [-0.25, -0.2) is 4.39 Å². The minimum absolute atomic E-state index is 0.0863. The number of hydrogen-bond donors (Lipinski definition) is 1. The van der Waals surface area contributed by atoms with E-state index in [0.29, 0.717) is 13.1 Å². The summed E-state index contributed by atoms with van der Waals surface area (Å²) in [5.74, 6) is 0.0503. The van der Waals surface area contributed by atoms with Crippen molar-refractivity contribution in [3.63, 3.8) is 0 Å². The molecule has 0 bridgehead atoms. The molecular formula is C25H28FN3O2S. The normalized spacial score (nSPS) is 14.3. The van der Waals surface area contributed by atoms with E-state index >= 15 is 0 Å². The number of likely N-dealkylation sites (tertiary alicyclic amines) is 1. The van der Waals surface area contributed by atoms with Crippen LogP contribution in [0.3, 0.4) is 0 Å². The van der Waals surface area contributed by atoms with Gasteiger partial charge in [0, 0.05) is 41.6 Å². The smallest absolute Gasteiger partial charge is 0.242 e. The Balaban J connectivity index is 1.39. The number of rotatable bonds is 7. The molecule has 7 heteroatoms. The van der Waals surface area contributed by atoms with Gasteiger partial charge in [0.2, 0.25) is 11.8 Å². The van der Waals surface area contributed by atoms with Gasteiger partial charge < -0.3 is 14.8 Å². The largest absolute Gasteiger partial charge is 0.351 e. The van der Waals surface area contributed by atoms with Gasteiger partial charge >= 0.3 is 0 Å². The second-order valence-electron chi connectivity index (χ2n) is 8.13. The summed E-state index contributed by atoms with van der Waals surface area (Å²) in [6.07, 6.45) is 6.53. The first kappa shape index (κ1) is 22.4. The number of nitrogens with one attached hydrogen (secondary N) is 1. The van der Waals surface area contributed by atoms with E-state index in [1.54, 1.807) is 12.1 Å². The molecule has 168 valence electrons. The van der Waals surface area contributed by atoms with Crippen molar-refractivity contribution in [2.24, 2.45) is 0 Å². The number of nitrogens with zero attached hydrogens (tertiary/aromatic N) is 2. The lowest BCUT2D eigenvalue weighted by Crippen LogP contribution is -2.34. The summed E-state index contributed by atoms with van der Waals surface area (Å²) in [5.41, 5.74) is 1.86. The lowest BCUT2D eigenvalue weighted by molar-refractivity contribution is -0.131. The molecular weight excluding hydrogens is 425 g/mol. The van der Waals surface area contributed by atoms with Crippen LogP contribution in [0.2, 0.25) is 0 Å². The van der Waals surface area contributed by atoms with Crippen LogP contribution in [0.4, 0.5) is 4.39 Å². The summed E-state index contributed by atoms with van der Waals surface area (Å²) >= 11 is 1.46. The van der Waals surface area contributed by atoms with Gasteiger partial charge in [-0.3, -0.25) is 9.59 Å². The van der Waals surface area contributed by atoms with Gasteiger partial charge in [-0.2, -0.15) is 0 Å². The van der Waals surface area contributed by atoms with Crippen LogP contribution in [0.15, 0.2) is 59.6 Å². The fourth-order valence-electron chi connectivity index (χ4n) is 4.02. The van der Waals surface area contributed by atoms with Crippen LogP contribution < -0.4 is 5.32 Å². The van der Waals surface area contributed by atoms with E-state index < -0.39 is 0 Å². The Morgan fingerprint density at radius 2 is 1.69 bits per heavy atom. The van der Waals surface area contributed by atoms with Crippen LogP contribution in [0.1, 0.15) is 31.2 Å². The molecule has 0 aliphatic carbocycles. The second-order valence-corrected chi connectivity index (χ2v) is 9.14. The molecule has 4 rings (SSSR count). The highest BCUT2D eigenvalue weighted by Gasteiger charge is 2.18. The number of carbonyl (C=O) groups is 2. The molecule has 1 aromatic heterocycles. The number of benzene rings is 2. The van der Waals surface area contributed by atoms with Crippen molar-refractivity contribution in [1.29, 1.82) is 0 Å². The monoisotopic (exact) mass is 453 g/mol. The van der Waals surface area contributed by atoms with E-state index in [1.165, 1.54) is 36.7 Å². The van der Waals surface area contributed by atoms with Gasteiger partial charge in [-0.15, -0.1) is 11.8 Å². The van der Waals surface area contributed by atoms with Crippen LogP contribution in [-0.2, 0) is 22.7 Å². The SMILES string of the molecule is O=C(CSc1cn(CC(=O)N2CCCCCC2)c2ccccc12)NCc1ccc(F)cc1. The highest BCUT2D eigenvalue weighted by atomic mass is 32.2. The molecule has 1 fully saturated rings. The molecule has 0 saturated carbocycles. The third-order valence-electron chi connectivity index (χ3n) is 5.78. The van der Waals surface area contributed by atoms with Gasteiger partial charge in [0.1, 0.15) is 12.4 Å². The second kappa shape index (κ2) is 10.7. The molecule has 1 aliphatic rings.